The Morgan fingerprint density at radius 3 is 2.64 bits per heavy atom. The van der Waals surface area contributed by atoms with Crippen molar-refractivity contribution in [1.29, 1.82) is 0 Å². The number of methoxy groups -OCH3 is 1. The molecule has 2 aromatic rings. The van der Waals surface area contributed by atoms with Crippen LogP contribution in [0.3, 0.4) is 0 Å². The lowest BCUT2D eigenvalue weighted by Crippen LogP contribution is -2.41. The SMILES string of the molecule is COc1cc(C(C)=O)ccc1OCC(=O)N1c2ccccc2NC(=O)C[C@@H]1C. The highest BCUT2D eigenvalue weighted by atomic mass is 16.5. The maximum atomic E-state index is 12.9. The number of benzene rings is 2. The van der Waals surface area contributed by atoms with E-state index < -0.39 is 0 Å². The molecule has 0 aliphatic carbocycles. The highest BCUT2D eigenvalue weighted by Gasteiger charge is 2.29. The van der Waals surface area contributed by atoms with Gasteiger partial charge in [-0.25, -0.2) is 0 Å². The summed E-state index contributed by atoms with van der Waals surface area (Å²) < 4.78 is 10.9. The largest absolute Gasteiger partial charge is 0.493 e. The standard InChI is InChI=1S/C21H22N2O5/c1-13-10-20(25)22-16-6-4-5-7-17(16)23(13)21(26)12-28-18-9-8-15(14(2)24)11-19(18)27-3/h4-9,11,13H,10,12H2,1-3H3,(H,22,25)/t13-/m0/s1. The van der Waals surface area contributed by atoms with Crippen molar-refractivity contribution in [2.24, 2.45) is 0 Å². The second kappa shape index (κ2) is 8.12. The third-order valence-corrected chi connectivity index (χ3v) is 4.55. The summed E-state index contributed by atoms with van der Waals surface area (Å²) in [5.74, 6) is 0.229. The number of nitrogens with zero attached hydrogens (tertiary/aromatic N) is 1. The molecule has 0 fully saturated rings. The third-order valence-electron chi connectivity index (χ3n) is 4.55. The molecule has 0 spiro atoms. The zero-order valence-electron chi connectivity index (χ0n) is 16.0. The fraction of sp³-hybridized carbons (Fsp3) is 0.286. The van der Waals surface area contributed by atoms with E-state index in [1.807, 2.05) is 13.0 Å². The molecule has 28 heavy (non-hydrogen) atoms. The first-order valence-corrected chi connectivity index (χ1v) is 8.93. The van der Waals surface area contributed by atoms with Gasteiger partial charge in [-0.2, -0.15) is 0 Å². The molecule has 0 bridgehead atoms. The number of anilines is 2. The number of Topliss-reactive ketones (excluding diaryl/α,β-unsaturated/α-hetero) is 1. The minimum atomic E-state index is -0.318. The van der Waals surface area contributed by atoms with Crippen LogP contribution in [0.15, 0.2) is 42.5 Å². The summed E-state index contributed by atoms with van der Waals surface area (Å²) in [6.45, 7) is 3.05. The lowest BCUT2D eigenvalue weighted by molar-refractivity contribution is -0.121. The molecule has 1 aliphatic rings. The van der Waals surface area contributed by atoms with E-state index in [9.17, 15) is 14.4 Å². The van der Waals surface area contributed by atoms with Crippen LogP contribution < -0.4 is 19.7 Å². The highest BCUT2D eigenvalue weighted by molar-refractivity contribution is 6.04. The monoisotopic (exact) mass is 382 g/mol. The Morgan fingerprint density at radius 1 is 1.18 bits per heavy atom. The summed E-state index contributed by atoms with van der Waals surface area (Å²) >= 11 is 0. The van der Waals surface area contributed by atoms with E-state index in [1.54, 1.807) is 41.3 Å². The van der Waals surface area contributed by atoms with Gasteiger partial charge in [-0.15, -0.1) is 0 Å². The van der Waals surface area contributed by atoms with Crippen molar-refractivity contribution in [3.8, 4) is 11.5 Å². The molecule has 1 aliphatic heterocycles. The highest BCUT2D eigenvalue weighted by Crippen LogP contribution is 2.32. The number of ether oxygens (including phenoxy) is 2. The molecule has 1 heterocycles. The van der Waals surface area contributed by atoms with Crippen molar-refractivity contribution in [3.05, 3.63) is 48.0 Å². The normalized spacial score (nSPS) is 15.9. The van der Waals surface area contributed by atoms with E-state index in [1.165, 1.54) is 14.0 Å². The van der Waals surface area contributed by atoms with Gasteiger partial charge in [-0.05, 0) is 44.2 Å². The van der Waals surface area contributed by atoms with E-state index in [-0.39, 0.29) is 36.7 Å². The molecule has 0 saturated heterocycles. The molecule has 2 amide bonds. The summed E-state index contributed by atoms with van der Waals surface area (Å²) in [6, 6.07) is 11.7. The number of carbonyl (C=O) groups is 3. The van der Waals surface area contributed by atoms with E-state index in [2.05, 4.69) is 5.32 Å². The molecule has 0 aromatic heterocycles. The smallest absolute Gasteiger partial charge is 0.265 e. The maximum absolute atomic E-state index is 12.9. The predicted octanol–water partition coefficient (Wildman–Crippen LogP) is 3.04. The quantitative estimate of drug-likeness (QED) is 0.804. The number of fused-ring (bicyclic) bond motifs is 1. The molecule has 7 heteroatoms. The molecular formula is C21H22N2O5. The van der Waals surface area contributed by atoms with Gasteiger partial charge in [0.25, 0.3) is 5.91 Å². The molecule has 146 valence electrons. The maximum Gasteiger partial charge on any atom is 0.265 e. The Kier molecular flexibility index (Phi) is 5.63. The van der Waals surface area contributed by atoms with Crippen molar-refractivity contribution in [1.82, 2.24) is 0 Å². The Balaban J connectivity index is 1.81. The van der Waals surface area contributed by atoms with Crippen LogP contribution in [0.5, 0.6) is 11.5 Å². The van der Waals surface area contributed by atoms with Crippen molar-refractivity contribution >= 4 is 29.0 Å². The first-order valence-electron chi connectivity index (χ1n) is 8.93. The summed E-state index contributed by atoms with van der Waals surface area (Å²) in [4.78, 5) is 38.1. The Bertz CT molecular complexity index is 925. The number of para-hydroxylation sites is 2. The topological polar surface area (TPSA) is 84.9 Å². The van der Waals surface area contributed by atoms with Crippen molar-refractivity contribution in [3.63, 3.8) is 0 Å². The van der Waals surface area contributed by atoms with Crippen LogP contribution in [-0.4, -0.2) is 37.4 Å². The van der Waals surface area contributed by atoms with Gasteiger partial charge >= 0.3 is 0 Å². The molecule has 0 saturated carbocycles. The van der Waals surface area contributed by atoms with Crippen LogP contribution in [0.25, 0.3) is 0 Å². The molecule has 0 radical (unpaired) electrons. The number of nitrogens with one attached hydrogen (secondary N) is 1. The number of rotatable bonds is 5. The summed E-state index contributed by atoms with van der Waals surface area (Å²) in [5.41, 5.74) is 1.72. The van der Waals surface area contributed by atoms with E-state index in [4.69, 9.17) is 9.47 Å². The Hall–Kier alpha value is -3.35. The summed E-state index contributed by atoms with van der Waals surface area (Å²) in [7, 11) is 1.47. The number of carbonyl (C=O) groups excluding carboxylic acids is 3. The molecule has 7 nitrogen and oxygen atoms in total. The van der Waals surface area contributed by atoms with Crippen LogP contribution in [0.1, 0.15) is 30.6 Å². The van der Waals surface area contributed by atoms with Crippen LogP contribution in [-0.2, 0) is 9.59 Å². The average molecular weight is 382 g/mol. The second-order valence-corrected chi connectivity index (χ2v) is 6.59. The summed E-state index contributed by atoms with van der Waals surface area (Å²) in [6.07, 6.45) is 0.192. The van der Waals surface area contributed by atoms with Gasteiger partial charge in [0.15, 0.2) is 23.9 Å². The molecule has 2 aromatic carbocycles. The number of amides is 2. The number of ketones is 1. The van der Waals surface area contributed by atoms with E-state index in [0.717, 1.165) is 0 Å². The molecular weight excluding hydrogens is 360 g/mol. The van der Waals surface area contributed by atoms with Gasteiger partial charge in [0.2, 0.25) is 5.91 Å². The Labute approximate surface area is 163 Å². The molecule has 1 N–H and O–H groups in total. The molecule has 0 unspecified atom stereocenters. The van der Waals surface area contributed by atoms with Crippen molar-refractivity contribution in [2.45, 2.75) is 26.3 Å². The van der Waals surface area contributed by atoms with E-state index >= 15 is 0 Å². The van der Waals surface area contributed by atoms with Crippen molar-refractivity contribution in [2.75, 3.05) is 23.9 Å². The lowest BCUT2D eigenvalue weighted by Gasteiger charge is -2.27. The Morgan fingerprint density at radius 2 is 1.93 bits per heavy atom. The van der Waals surface area contributed by atoms with Crippen LogP contribution in [0.2, 0.25) is 0 Å². The van der Waals surface area contributed by atoms with E-state index in [0.29, 0.717) is 28.4 Å². The minimum Gasteiger partial charge on any atom is -0.493 e. The summed E-state index contributed by atoms with van der Waals surface area (Å²) in [5, 5.41) is 2.82. The second-order valence-electron chi connectivity index (χ2n) is 6.59. The van der Waals surface area contributed by atoms with Gasteiger partial charge in [0.1, 0.15) is 0 Å². The van der Waals surface area contributed by atoms with Gasteiger partial charge in [0.05, 0.1) is 18.5 Å². The van der Waals surface area contributed by atoms with Crippen LogP contribution in [0.4, 0.5) is 11.4 Å². The number of hydrogen-bond donors (Lipinski definition) is 1. The lowest BCUT2D eigenvalue weighted by atomic mass is 10.1. The molecule has 1 atom stereocenters. The van der Waals surface area contributed by atoms with Gasteiger partial charge in [-0.3, -0.25) is 14.4 Å². The first kappa shape index (κ1) is 19.4. The zero-order valence-corrected chi connectivity index (χ0v) is 16.0. The van der Waals surface area contributed by atoms with Crippen LogP contribution >= 0.6 is 0 Å². The minimum absolute atomic E-state index is 0.0897. The zero-order chi connectivity index (χ0) is 20.3. The average Bonchev–Trinajstić information content (AvgIpc) is 2.80. The first-order chi connectivity index (χ1) is 13.4. The fourth-order valence-electron chi connectivity index (χ4n) is 3.18. The van der Waals surface area contributed by atoms with Gasteiger partial charge in [-0.1, -0.05) is 12.1 Å². The van der Waals surface area contributed by atoms with Crippen molar-refractivity contribution < 1.29 is 23.9 Å². The fourth-order valence-corrected chi connectivity index (χ4v) is 3.18. The van der Waals surface area contributed by atoms with Crippen LogP contribution in [0, 0.1) is 0 Å². The third kappa shape index (κ3) is 3.98. The van der Waals surface area contributed by atoms with Gasteiger partial charge in [0, 0.05) is 18.0 Å². The number of hydrogen-bond acceptors (Lipinski definition) is 5. The van der Waals surface area contributed by atoms with Gasteiger partial charge < -0.3 is 19.7 Å². The molecule has 3 rings (SSSR count). The predicted molar refractivity (Wildman–Crippen MR) is 105 cm³/mol.